The van der Waals surface area contributed by atoms with Crippen molar-refractivity contribution in [3.05, 3.63) is 95.8 Å². The number of hydrogen-bond acceptors (Lipinski definition) is 6. The van der Waals surface area contributed by atoms with E-state index < -0.39 is 34.3 Å². The van der Waals surface area contributed by atoms with E-state index >= 15 is 0 Å². The molecule has 0 unspecified atom stereocenters. The van der Waals surface area contributed by atoms with Gasteiger partial charge < -0.3 is 4.74 Å². The van der Waals surface area contributed by atoms with E-state index in [1.165, 1.54) is 18.3 Å². The Morgan fingerprint density at radius 3 is 2.24 bits per heavy atom. The fourth-order valence-electron chi connectivity index (χ4n) is 2.71. The van der Waals surface area contributed by atoms with Crippen LogP contribution in [0.5, 0.6) is 5.75 Å². The molecule has 0 saturated heterocycles. The van der Waals surface area contributed by atoms with E-state index in [0.29, 0.717) is 16.9 Å². The standard InChI is InChI=1S/C23H20FN3O5S/c1-33(30,31)27(20-11-9-19(24)10-12-20)16-22(28)26-25-15-17-7-13-21(14-8-17)32-23(29)18-5-3-2-4-6-18/h2-15H,16H2,1H3,(H,26,28)/b25-15-. The molecule has 0 heterocycles. The van der Waals surface area contributed by atoms with Gasteiger partial charge >= 0.3 is 5.97 Å². The fourth-order valence-corrected chi connectivity index (χ4v) is 3.57. The van der Waals surface area contributed by atoms with Crippen molar-refractivity contribution in [2.75, 3.05) is 17.1 Å². The van der Waals surface area contributed by atoms with Crippen molar-refractivity contribution >= 4 is 33.8 Å². The van der Waals surface area contributed by atoms with Crippen molar-refractivity contribution in [2.45, 2.75) is 0 Å². The molecule has 0 fully saturated rings. The number of halogens is 1. The highest BCUT2D eigenvalue weighted by Crippen LogP contribution is 2.17. The summed E-state index contributed by atoms with van der Waals surface area (Å²) in [5, 5.41) is 3.81. The molecular formula is C23H20FN3O5S. The molecule has 33 heavy (non-hydrogen) atoms. The molecule has 0 aliphatic rings. The maximum Gasteiger partial charge on any atom is 0.343 e. The number of benzene rings is 3. The monoisotopic (exact) mass is 469 g/mol. The Hall–Kier alpha value is -4.05. The summed E-state index contributed by atoms with van der Waals surface area (Å²) in [6.45, 7) is -0.532. The van der Waals surface area contributed by atoms with Gasteiger partial charge in [0.1, 0.15) is 18.1 Å². The number of ether oxygens (including phenoxy) is 1. The van der Waals surface area contributed by atoms with Gasteiger partial charge in [-0.3, -0.25) is 9.10 Å². The zero-order valence-corrected chi connectivity index (χ0v) is 18.3. The molecule has 3 aromatic rings. The molecular weight excluding hydrogens is 449 g/mol. The predicted octanol–water partition coefficient (Wildman–Crippen LogP) is 2.96. The van der Waals surface area contributed by atoms with E-state index in [1.54, 1.807) is 54.6 Å². The molecule has 0 bridgehead atoms. The van der Waals surface area contributed by atoms with Crippen LogP contribution in [0.4, 0.5) is 10.1 Å². The number of carbonyl (C=O) groups is 2. The second-order valence-electron chi connectivity index (χ2n) is 6.86. The molecule has 0 aromatic heterocycles. The minimum atomic E-state index is -3.78. The van der Waals surface area contributed by atoms with Crippen molar-refractivity contribution in [3.8, 4) is 5.75 Å². The maximum atomic E-state index is 13.1. The van der Waals surface area contributed by atoms with E-state index in [1.807, 2.05) is 0 Å². The highest BCUT2D eigenvalue weighted by atomic mass is 32.2. The Balaban J connectivity index is 1.57. The molecule has 3 rings (SSSR count). The minimum Gasteiger partial charge on any atom is -0.423 e. The second-order valence-corrected chi connectivity index (χ2v) is 8.77. The minimum absolute atomic E-state index is 0.152. The van der Waals surface area contributed by atoms with Crippen molar-refractivity contribution in [3.63, 3.8) is 0 Å². The topological polar surface area (TPSA) is 105 Å². The lowest BCUT2D eigenvalue weighted by Crippen LogP contribution is -2.39. The first-order valence-corrected chi connectivity index (χ1v) is 11.5. The normalized spacial score (nSPS) is 11.2. The van der Waals surface area contributed by atoms with Crippen LogP contribution in [0.1, 0.15) is 15.9 Å². The largest absolute Gasteiger partial charge is 0.423 e. The summed E-state index contributed by atoms with van der Waals surface area (Å²) in [6, 6.07) is 19.7. The molecule has 0 saturated carbocycles. The van der Waals surface area contributed by atoms with Gasteiger partial charge in [0.05, 0.1) is 23.7 Å². The first-order valence-electron chi connectivity index (χ1n) is 9.65. The first kappa shape index (κ1) is 23.6. The quantitative estimate of drug-likeness (QED) is 0.236. The van der Waals surface area contributed by atoms with Crippen LogP contribution in [-0.2, 0) is 14.8 Å². The average molecular weight is 469 g/mol. The van der Waals surface area contributed by atoms with Crippen LogP contribution in [0.2, 0.25) is 0 Å². The molecule has 3 aromatic carbocycles. The number of anilines is 1. The number of hydrazone groups is 1. The van der Waals surface area contributed by atoms with Crippen LogP contribution < -0.4 is 14.5 Å². The smallest absolute Gasteiger partial charge is 0.343 e. The van der Waals surface area contributed by atoms with Gasteiger partial charge in [0.2, 0.25) is 10.0 Å². The van der Waals surface area contributed by atoms with Crippen molar-refractivity contribution in [2.24, 2.45) is 5.10 Å². The molecule has 0 radical (unpaired) electrons. The Kier molecular flexibility index (Phi) is 7.52. The number of nitrogens with zero attached hydrogens (tertiary/aromatic N) is 2. The Labute approximate surface area is 190 Å². The van der Waals surface area contributed by atoms with Crippen molar-refractivity contribution in [1.29, 1.82) is 0 Å². The molecule has 1 amide bonds. The predicted molar refractivity (Wildman–Crippen MR) is 122 cm³/mol. The van der Waals surface area contributed by atoms with Crippen LogP contribution in [0.25, 0.3) is 0 Å². The van der Waals surface area contributed by atoms with Crippen LogP contribution >= 0.6 is 0 Å². The van der Waals surface area contributed by atoms with Gasteiger partial charge in [-0.05, 0) is 66.2 Å². The van der Waals surface area contributed by atoms with Gasteiger partial charge in [-0.1, -0.05) is 18.2 Å². The summed E-state index contributed by atoms with van der Waals surface area (Å²) in [6.07, 6.45) is 2.29. The number of carbonyl (C=O) groups excluding carboxylic acids is 2. The zero-order chi connectivity index (χ0) is 23.8. The third-order valence-electron chi connectivity index (χ3n) is 4.31. The number of nitrogens with one attached hydrogen (secondary N) is 1. The van der Waals surface area contributed by atoms with Crippen molar-refractivity contribution < 1.29 is 27.1 Å². The van der Waals surface area contributed by atoms with Crippen molar-refractivity contribution in [1.82, 2.24) is 5.43 Å². The van der Waals surface area contributed by atoms with E-state index in [2.05, 4.69) is 10.5 Å². The third-order valence-corrected chi connectivity index (χ3v) is 5.45. The second kappa shape index (κ2) is 10.5. The SMILES string of the molecule is CS(=O)(=O)N(CC(=O)N/N=C\c1ccc(OC(=O)c2ccccc2)cc1)c1ccc(F)cc1. The lowest BCUT2D eigenvalue weighted by atomic mass is 10.2. The van der Waals surface area contributed by atoms with E-state index in [-0.39, 0.29) is 5.69 Å². The van der Waals surface area contributed by atoms with E-state index in [0.717, 1.165) is 22.7 Å². The Morgan fingerprint density at radius 1 is 1.00 bits per heavy atom. The maximum absolute atomic E-state index is 13.1. The number of esters is 1. The Morgan fingerprint density at radius 2 is 1.64 bits per heavy atom. The van der Waals surface area contributed by atoms with Gasteiger partial charge in [-0.25, -0.2) is 23.0 Å². The van der Waals surface area contributed by atoms with E-state index in [4.69, 9.17) is 4.74 Å². The zero-order valence-electron chi connectivity index (χ0n) is 17.5. The third kappa shape index (κ3) is 6.97. The number of rotatable bonds is 8. The van der Waals surface area contributed by atoms with Crippen LogP contribution in [0.15, 0.2) is 84.0 Å². The van der Waals surface area contributed by atoms with Gasteiger partial charge in [-0.2, -0.15) is 5.10 Å². The fraction of sp³-hybridized carbons (Fsp3) is 0.0870. The summed E-state index contributed by atoms with van der Waals surface area (Å²) in [4.78, 5) is 24.2. The van der Waals surface area contributed by atoms with Gasteiger partial charge in [0.15, 0.2) is 0 Å². The molecule has 170 valence electrons. The summed E-state index contributed by atoms with van der Waals surface area (Å²) >= 11 is 0. The average Bonchev–Trinajstić information content (AvgIpc) is 2.79. The molecule has 8 nitrogen and oxygen atoms in total. The number of amides is 1. The van der Waals surface area contributed by atoms with Crippen LogP contribution in [0.3, 0.4) is 0 Å². The highest BCUT2D eigenvalue weighted by Gasteiger charge is 2.20. The summed E-state index contributed by atoms with van der Waals surface area (Å²) in [7, 11) is -3.78. The first-order chi connectivity index (χ1) is 15.7. The molecule has 10 heteroatoms. The Bertz CT molecular complexity index is 1250. The highest BCUT2D eigenvalue weighted by molar-refractivity contribution is 7.92. The van der Waals surface area contributed by atoms with E-state index in [9.17, 15) is 22.4 Å². The number of hydrogen-bond donors (Lipinski definition) is 1. The molecule has 0 spiro atoms. The lowest BCUT2D eigenvalue weighted by Gasteiger charge is -2.21. The molecule has 0 aliphatic carbocycles. The van der Waals surface area contributed by atoms with Gasteiger partial charge in [-0.15, -0.1) is 0 Å². The number of sulfonamides is 1. The lowest BCUT2D eigenvalue weighted by molar-refractivity contribution is -0.119. The van der Waals surface area contributed by atoms with Gasteiger partial charge in [0, 0.05) is 0 Å². The summed E-state index contributed by atoms with van der Waals surface area (Å²) < 4.78 is 43.3. The molecule has 1 N–H and O–H groups in total. The molecule has 0 aliphatic heterocycles. The molecule has 0 atom stereocenters. The van der Waals surface area contributed by atoms with Gasteiger partial charge in [0.25, 0.3) is 5.91 Å². The van der Waals surface area contributed by atoms with Crippen LogP contribution in [-0.4, -0.2) is 39.3 Å². The van der Waals surface area contributed by atoms with Crippen LogP contribution in [0, 0.1) is 5.82 Å². The summed E-state index contributed by atoms with van der Waals surface area (Å²) in [5.41, 5.74) is 3.43. The summed E-state index contributed by atoms with van der Waals surface area (Å²) in [5.74, 6) is -1.36.